The molecular formula is C66H80Cl7N31O10S2. The Labute approximate surface area is 709 Å². The highest BCUT2D eigenvalue weighted by atomic mass is 35.5. The first-order chi connectivity index (χ1) is 55.2. The maximum atomic E-state index is 10.5. The molecule has 0 aromatic carbocycles. The Hall–Kier alpha value is -11.2. The van der Waals surface area contributed by atoms with Crippen molar-refractivity contribution in [3.8, 4) is 6.19 Å². The standard InChI is InChI=1S/C11H14ClN5.C10H13ClN6O2.C10H14ClN5O2.C10H11ClN4O2.C10H12ClN3S.C9H9ClN4O2.C6H7ClN4O2S/c1-16(2)11(15-8-13)17(3)7-9-4-5-10(12)14-6-9;1-15-6-13-10(14-17(18)19)16(7-15)5-8-2-3-9(11)12-4-8;1-14(2)10(13-16(17)18)15(3)7-8-4-5-9(11)12-6-8;11-9-2-1-8(5-13-9)6-14-4-3-12-10(14)7-15(16)17;1-12-10-14(4-5-15-10)7-8-2-3-9(11)13-6-8;10-8-2-1-7(5-12-8)13-4-3-11-9(13)6-14(15)16;1-4(10-11(12)13)8-2-5-3-9-6(7)14-5/h4-6H,7H2,1-3H3;2-4H,5-7H2,1H3,(H,13,14);4-6H,7H2,1-3H3;1-2,5,7,12H,3-4,6H2;2-3,6H,4-5,7H2,1H3;1-2,5-6,11H,3-4H2;3H,2H2,1H3,(H,8,10)/b;;13-10+;10-7+;;9-6+;. The fourth-order valence-electron chi connectivity index (χ4n) is 10.0. The lowest BCUT2D eigenvalue weighted by molar-refractivity contribution is -0.486. The van der Waals surface area contributed by atoms with E-state index in [9.17, 15) is 50.6 Å². The molecule has 50 heteroatoms. The predicted octanol–water partition coefficient (Wildman–Crippen LogP) is 9.58. The number of nitrogens with one attached hydrogen (secondary N) is 4. The first-order valence-corrected chi connectivity index (χ1v) is 38.2. The smallest absolute Gasteiger partial charge is 0.274 e. The van der Waals surface area contributed by atoms with Crippen LogP contribution in [0.4, 0.5) is 5.69 Å². The molecule has 41 nitrogen and oxygen atoms in total. The summed E-state index contributed by atoms with van der Waals surface area (Å²) < 4.78 is 0.450. The summed E-state index contributed by atoms with van der Waals surface area (Å²) in [6.07, 6.45) is 15.4. The van der Waals surface area contributed by atoms with Crippen LogP contribution in [0, 0.1) is 62.0 Å². The Balaban J connectivity index is 0.000000242. The molecule has 620 valence electrons. The van der Waals surface area contributed by atoms with Crippen molar-refractivity contribution < 1.29 is 24.9 Å². The lowest BCUT2D eigenvalue weighted by Crippen LogP contribution is -2.55. The van der Waals surface area contributed by atoms with Gasteiger partial charge in [0.05, 0.1) is 46.7 Å². The van der Waals surface area contributed by atoms with Crippen LogP contribution < -0.4 is 26.2 Å². The van der Waals surface area contributed by atoms with Gasteiger partial charge in [-0.1, -0.05) is 123 Å². The summed E-state index contributed by atoms with van der Waals surface area (Å²) in [7, 11) is 14.4. The van der Waals surface area contributed by atoms with E-state index in [1.54, 1.807) is 137 Å². The van der Waals surface area contributed by atoms with Crippen molar-refractivity contribution in [3.63, 3.8) is 0 Å². The van der Waals surface area contributed by atoms with Crippen LogP contribution in [-0.2, 0) is 39.3 Å². The molecule has 0 unspecified atom stereocenters. The summed E-state index contributed by atoms with van der Waals surface area (Å²) in [5.41, 5.74) is 5.71. The third-order valence-electron chi connectivity index (χ3n) is 14.9. The van der Waals surface area contributed by atoms with E-state index in [0.29, 0.717) is 119 Å². The molecule has 0 radical (unpaired) electrons. The molecule has 7 aromatic rings. The quantitative estimate of drug-likeness (QED) is 0.0155. The van der Waals surface area contributed by atoms with Crippen LogP contribution in [0.25, 0.3) is 0 Å². The minimum absolute atomic E-state index is 0.248. The highest BCUT2D eigenvalue weighted by Gasteiger charge is 2.25. The molecule has 7 aromatic heterocycles. The summed E-state index contributed by atoms with van der Waals surface area (Å²) in [4.78, 5) is 104. The first kappa shape index (κ1) is 95.4. The van der Waals surface area contributed by atoms with E-state index in [1.165, 1.54) is 23.8 Å². The van der Waals surface area contributed by atoms with Gasteiger partial charge in [0.1, 0.15) is 41.1 Å². The van der Waals surface area contributed by atoms with Crippen LogP contribution >= 0.6 is 104 Å². The van der Waals surface area contributed by atoms with Gasteiger partial charge >= 0.3 is 0 Å². The number of thioether (sulfide) groups is 1. The molecule has 4 saturated heterocycles. The lowest BCUT2D eigenvalue weighted by Gasteiger charge is -2.34. The van der Waals surface area contributed by atoms with Gasteiger partial charge in [0.2, 0.25) is 12.2 Å². The van der Waals surface area contributed by atoms with Crippen molar-refractivity contribution in [1.82, 2.24) is 95.4 Å². The van der Waals surface area contributed by atoms with E-state index in [-0.39, 0.29) is 17.8 Å². The number of nitriles is 1. The van der Waals surface area contributed by atoms with E-state index < -0.39 is 24.9 Å². The van der Waals surface area contributed by atoms with Crippen molar-refractivity contribution in [2.24, 2.45) is 25.3 Å². The largest absolute Gasteiger partial charge is 0.365 e. The molecule has 4 aliphatic rings. The third kappa shape index (κ3) is 36.5. The van der Waals surface area contributed by atoms with Crippen molar-refractivity contribution in [3.05, 3.63) is 259 Å². The topological polar surface area (TPSA) is 469 Å². The summed E-state index contributed by atoms with van der Waals surface area (Å²) in [5, 5.41) is 83.3. The van der Waals surface area contributed by atoms with Gasteiger partial charge in [0.15, 0.2) is 42.2 Å². The second-order valence-corrected chi connectivity index (χ2v) is 29.4. The Bertz CT molecular complexity index is 4600. The second-order valence-electron chi connectivity index (χ2n) is 24.3. The number of hydrazone groups is 3. The average Bonchev–Trinajstić information content (AvgIpc) is 1.64. The lowest BCUT2D eigenvalue weighted by atomic mass is 10.2. The van der Waals surface area contributed by atoms with Crippen molar-refractivity contribution in [2.45, 2.75) is 46.2 Å². The number of nitrogens with zero attached hydrogens (tertiary/aromatic N) is 27. The van der Waals surface area contributed by atoms with Gasteiger partial charge in [-0.05, 0) is 84.3 Å². The molecule has 0 spiro atoms. The zero-order valence-electron chi connectivity index (χ0n) is 63.6. The SMILES string of the molecule is C/C(=N\[N+](=O)[O-])NCc1cnc(Cl)s1.CN(C)/C(=N\[N+](=O)[O-])N(C)Cc1ccc(Cl)nc1.CN(C)C(=NC#N)N(C)Cc1ccc(Cl)nc1.CN1CN/C(=N\[N+](=O)[O-])N(Cc2ccc(Cl)nc2)C1.CN=C1SCCN1Cc1ccc(Cl)nc1.O=[N+]([O-])/C=C1\NCCN1Cc1ccc(Cl)nc1.O=[N+]([O-])/C=C1\NCCN1c1ccc(Cl)nc1. The highest BCUT2D eigenvalue weighted by molar-refractivity contribution is 8.14. The van der Waals surface area contributed by atoms with Crippen molar-refractivity contribution >= 4 is 139 Å². The molecule has 0 saturated carbocycles. The number of aromatic nitrogens is 7. The van der Waals surface area contributed by atoms with E-state index in [1.807, 2.05) is 92.5 Å². The molecule has 4 aliphatic heterocycles. The Morgan fingerprint density at radius 2 is 1.03 bits per heavy atom. The highest BCUT2D eigenvalue weighted by Crippen LogP contribution is 2.24. The normalized spacial score (nSPS) is 15.1. The summed E-state index contributed by atoms with van der Waals surface area (Å²) >= 11 is 42.9. The molecule has 0 bridgehead atoms. The van der Waals surface area contributed by atoms with E-state index >= 15 is 0 Å². The van der Waals surface area contributed by atoms with Gasteiger partial charge in [-0.25, -0.2) is 65.2 Å². The molecule has 4 fully saturated rings. The number of anilines is 1. The number of thiazole rings is 1. The van der Waals surface area contributed by atoms with Crippen molar-refractivity contribution in [1.29, 1.82) is 5.26 Å². The maximum absolute atomic E-state index is 10.5. The molecule has 4 N–H and O–H groups in total. The fourth-order valence-corrected chi connectivity index (χ4v) is 12.6. The number of rotatable bonds is 18. The molecular weight excluding hydrogens is 1700 g/mol. The van der Waals surface area contributed by atoms with Crippen LogP contribution in [0.2, 0.25) is 35.4 Å². The molecule has 11 rings (SSSR count). The van der Waals surface area contributed by atoms with Gasteiger partial charge < -0.3 is 60.5 Å². The van der Waals surface area contributed by atoms with E-state index in [2.05, 4.69) is 86.3 Å². The van der Waals surface area contributed by atoms with E-state index in [0.717, 1.165) is 75.8 Å². The third-order valence-corrected chi connectivity index (χ3v) is 18.4. The van der Waals surface area contributed by atoms with Gasteiger partial charge in [-0.3, -0.25) is 30.1 Å². The molecule has 116 heavy (non-hydrogen) atoms. The first-order valence-electron chi connectivity index (χ1n) is 33.8. The number of hydrogen-bond donors (Lipinski definition) is 4. The van der Waals surface area contributed by atoms with Gasteiger partial charge in [0.25, 0.3) is 24.3 Å². The molecule has 0 aliphatic carbocycles. The second kappa shape index (κ2) is 50.2. The van der Waals surface area contributed by atoms with Crippen molar-refractivity contribution in [2.75, 3.05) is 113 Å². The number of nitro groups is 5. The number of hydrogen-bond acceptors (Lipinski definition) is 27. The average molecular weight is 1780 g/mol. The Kier molecular flexibility index (Phi) is 41.3. The molecule has 0 amide bonds. The monoisotopic (exact) mass is 1780 g/mol. The van der Waals surface area contributed by atoms with Crippen LogP contribution in [0.5, 0.6) is 0 Å². The number of amidine groups is 2. The number of guanidine groups is 3. The summed E-state index contributed by atoms with van der Waals surface area (Å²) in [6.45, 7) is 9.84. The minimum Gasteiger partial charge on any atom is -0.365 e. The summed E-state index contributed by atoms with van der Waals surface area (Å²) in [5.74, 6) is 3.47. The predicted molar refractivity (Wildman–Crippen MR) is 448 cm³/mol. The van der Waals surface area contributed by atoms with Gasteiger partial charge in [-0.2, -0.15) is 5.26 Å². The van der Waals surface area contributed by atoms with E-state index in [4.69, 9.17) is 86.5 Å². The minimum atomic E-state index is -0.748. The number of halogens is 7. The number of pyridine rings is 6. The maximum Gasteiger partial charge on any atom is 0.274 e. The number of aliphatic imine (C=N–C) groups is 2. The van der Waals surface area contributed by atoms with Crippen LogP contribution in [0.15, 0.2) is 166 Å². The van der Waals surface area contributed by atoms with Crippen LogP contribution in [0.1, 0.15) is 39.6 Å². The zero-order chi connectivity index (χ0) is 85.4. The Morgan fingerprint density at radius 1 is 0.569 bits per heavy atom. The molecule has 11 heterocycles. The molecule has 0 atom stereocenters. The van der Waals surface area contributed by atoms with Crippen LogP contribution in [-0.4, -0.2) is 236 Å². The summed E-state index contributed by atoms with van der Waals surface area (Å²) in [6, 6.07) is 21.4. The van der Waals surface area contributed by atoms with Gasteiger partial charge in [0, 0.05) is 163 Å². The zero-order valence-corrected chi connectivity index (χ0v) is 70.6. The van der Waals surface area contributed by atoms with Crippen LogP contribution in [0.3, 0.4) is 0 Å². The Morgan fingerprint density at radius 3 is 1.46 bits per heavy atom. The fraction of sp³-hybridized carbons (Fsp3) is 0.348. The van der Waals surface area contributed by atoms with Gasteiger partial charge in [-0.15, -0.1) is 16.3 Å².